The fourth-order valence-electron chi connectivity index (χ4n) is 4.95. The summed E-state index contributed by atoms with van der Waals surface area (Å²) < 4.78 is 8.10. The number of anilines is 1. The second-order valence-electron chi connectivity index (χ2n) is 8.73. The van der Waals surface area contributed by atoms with Crippen LogP contribution in [0.1, 0.15) is 46.1 Å². The highest BCUT2D eigenvalue weighted by Gasteiger charge is 2.29. The highest BCUT2D eigenvalue weighted by Crippen LogP contribution is 2.32. The van der Waals surface area contributed by atoms with Gasteiger partial charge < -0.3 is 9.72 Å². The predicted octanol–water partition coefficient (Wildman–Crippen LogP) is 3.74. The average Bonchev–Trinajstić information content (AvgIpc) is 3.44. The van der Waals surface area contributed by atoms with Crippen molar-refractivity contribution >= 4 is 44.2 Å². The molecule has 4 aromatic rings. The average molecular weight is 508 g/mol. The Balaban J connectivity index is 1.48. The van der Waals surface area contributed by atoms with Crippen LogP contribution in [0.15, 0.2) is 39.9 Å². The smallest absolute Gasteiger partial charge is 0.274 e. The molecule has 2 aliphatic heterocycles. The van der Waals surface area contributed by atoms with Crippen molar-refractivity contribution in [3.63, 3.8) is 0 Å². The number of rotatable bonds is 2. The number of carbonyl (C=O) groups is 1. The molecule has 0 spiro atoms. The molecule has 5 heterocycles. The van der Waals surface area contributed by atoms with Gasteiger partial charge in [0.15, 0.2) is 0 Å². The number of ether oxygens (including phenoxy) is 1. The van der Waals surface area contributed by atoms with Crippen molar-refractivity contribution in [1.29, 1.82) is 0 Å². The van der Waals surface area contributed by atoms with E-state index in [2.05, 4.69) is 36.9 Å². The van der Waals surface area contributed by atoms with Crippen LogP contribution in [-0.4, -0.2) is 45.0 Å². The van der Waals surface area contributed by atoms with Gasteiger partial charge in [-0.25, -0.2) is 9.97 Å². The number of aryl methyl sites for hydroxylation is 1. The lowest BCUT2D eigenvalue weighted by Crippen LogP contribution is -2.30. The van der Waals surface area contributed by atoms with Gasteiger partial charge in [0.2, 0.25) is 0 Å². The van der Waals surface area contributed by atoms with Crippen LogP contribution in [0.3, 0.4) is 0 Å². The normalized spacial score (nSPS) is 16.6. The summed E-state index contributed by atoms with van der Waals surface area (Å²) >= 11 is 3.62. The number of hydrogen-bond acceptors (Lipinski definition) is 5. The summed E-state index contributed by atoms with van der Waals surface area (Å²) in [5.74, 6) is 1.65. The van der Waals surface area contributed by atoms with Crippen LogP contribution in [0.2, 0.25) is 0 Å². The minimum Gasteiger partial charge on any atom is -0.381 e. The molecule has 0 saturated carbocycles. The number of fused-ring (bicyclic) bond motifs is 4. The summed E-state index contributed by atoms with van der Waals surface area (Å²) in [5.41, 5.74) is 4.33. The van der Waals surface area contributed by atoms with Gasteiger partial charge in [-0.2, -0.15) is 0 Å². The minimum atomic E-state index is -0.224. The fourth-order valence-corrected chi connectivity index (χ4v) is 5.45. The fraction of sp³-hybridized carbons (Fsp3) is 0.333. The van der Waals surface area contributed by atoms with Crippen LogP contribution >= 0.6 is 15.9 Å². The Morgan fingerprint density at radius 1 is 1.15 bits per heavy atom. The van der Waals surface area contributed by atoms with Gasteiger partial charge in [-0.15, -0.1) is 0 Å². The predicted molar refractivity (Wildman–Crippen MR) is 128 cm³/mol. The van der Waals surface area contributed by atoms with Gasteiger partial charge in [-0.05, 0) is 65.4 Å². The lowest BCUT2D eigenvalue weighted by Gasteiger charge is -2.22. The maximum atomic E-state index is 13.5. The third kappa shape index (κ3) is 3.29. The number of aromatic nitrogens is 4. The topological polar surface area (TPSA) is 92.6 Å². The number of nitrogens with one attached hydrogen (secondary N) is 1. The summed E-state index contributed by atoms with van der Waals surface area (Å²) in [6.45, 7) is 3.96. The van der Waals surface area contributed by atoms with E-state index >= 15 is 0 Å². The van der Waals surface area contributed by atoms with Crippen LogP contribution in [0.25, 0.3) is 16.6 Å². The van der Waals surface area contributed by atoms with Crippen LogP contribution in [0.4, 0.5) is 5.82 Å². The van der Waals surface area contributed by atoms with Gasteiger partial charge in [0.1, 0.15) is 17.2 Å². The molecule has 1 aromatic carbocycles. The zero-order chi connectivity index (χ0) is 22.7. The number of pyridine rings is 1. The van der Waals surface area contributed by atoms with Gasteiger partial charge in [0.05, 0.1) is 22.8 Å². The maximum absolute atomic E-state index is 13.5. The first-order chi connectivity index (χ1) is 16.0. The Bertz CT molecular complexity index is 1490. The number of amides is 1. The van der Waals surface area contributed by atoms with E-state index in [1.807, 2.05) is 17.4 Å². The molecule has 1 saturated heterocycles. The minimum absolute atomic E-state index is 0.143. The molecule has 168 valence electrons. The van der Waals surface area contributed by atoms with Gasteiger partial charge in [-0.1, -0.05) is 6.07 Å². The number of nitrogens with zero attached hydrogens (tertiary/aromatic N) is 4. The van der Waals surface area contributed by atoms with Crippen molar-refractivity contribution in [2.75, 3.05) is 24.7 Å². The highest BCUT2D eigenvalue weighted by atomic mass is 79.9. The third-order valence-electron chi connectivity index (χ3n) is 6.60. The maximum Gasteiger partial charge on any atom is 0.274 e. The van der Waals surface area contributed by atoms with E-state index in [-0.39, 0.29) is 17.4 Å². The van der Waals surface area contributed by atoms with Gasteiger partial charge >= 0.3 is 0 Å². The molecule has 1 fully saturated rings. The highest BCUT2D eigenvalue weighted by molar-refractivity contribution is 9.10. The Hall–Kier alpha value is -3.04. The van der Waals surface area contributed by atoms with Crippen molar-refractivity contribution in [1.82, 2.24) is 19.4 Å². The van der Waals surface area contributed by atoms with Crippen molar-refractivity contribution < 1.29 is 9.53 Å². The van der Waals surface area contributed by atoms with Crippen molar-refractivity contribution in [2.24, 2.45) is 0 Å². The van der Waals surface area contributed by atoms with Crippen molar-refractivity contribution in [3.8, 4) is 0 Å². The number of hydrogen-bond donors (Lipinski definition) is 1. The number of H-pyrrole nitrogens is 1. The molecule has 0 bridgehead atoms. The Morgan fingerprint density at radius 2 is 1.97 bits per heavy atom. The third-order valence-corrected chi connectivity index (χ3v) is 7.25. The van der Waals surface area contributed by atoms with Gasteiger partial charge in [-0.3, -0.25) is 18.9 Å². The summed E-state index contributed by atoms with van der Waals surface area (Å²) in [5, 5.41) is 0. The zero-order valence-electron chi connectivity index (χ0n) is 18.1. The number of halogens is 1. The van der Waals surface area contributed by atoms with Crippen molar-refractivity contribution in [2.45, 2.75) is 32.1 Å². The quantitative estimate of drug-likeness (QED) is 0.446. The van der Waals surface area contributed by atoms with Crippen LogP contribution in [0.5, 0.6) is 0 Å². The number of imidazole rings is 1. The van der Waals surface area contributed by atoms with E-state index in [1.165, 1.54) is 0 Å². The summed E-state index contributed by atoms with van der Waals surface area (Å²) in [7, 11) is 0. The zero-order valence-corrected chi connectivity index (χ0v) is 19.7. The van der Waals surface area contributed by atoms with Crippen LogP contribution < -0.4 is 10.5 Å². The summed E-state index contributed by atoms with van der Waals surface area (Å²) in [6.07, 6.45) is 5.93. The molecular formula is C24H22BrN5O3. The van der Waals surface area contributed by atoms with E-state index in [1.54, 1.807) is 23.4 Å². The van der Waals surface area contributed by atoms with E-state index in [0.29, 0.717) is 46.6 Å². The molecule has 6 rings (SSSR count). The van der Waals surface area contributed by atoms with E-state index in [9.17, 15) is 9.59 Å². The molecule has 0 atom stereocenters. The Labute approximate surface area is 197 Å². The first kappa shape index (κ1) is 20.6. The number of benzene rings is 1. The van der Waals surface area contributed by atoms with Crippen LogP contribution in [-0.2, 0) is 11.2 Å². The first-order valence-corrected chi connectivity index (χ1v) is 11.9. The summed E-state index contributed by atoms with van der Waals surface area (Å²) in [6, 6.07) is 5.73. The first-order valence-electron chi connectivity index (χ1n) is 11.1. The molecule has 0 unspecified atom stereocenters. The molecular weight excluding hydrogens is 486 g/mol. The second kappa shape index (κ2) is 7.78. The molecule has 2 aliphatic rings. The Morgan fingerprint density at radius 3 is 2.79 bits per heavy atom. The van der Waals surface area contributed by atoms with Gasteiger partial charge in [0.25, 0.3) is 11.5 Å². The largest absolute Gasteiger partial charge is 0.381 e. The monoisotopic (exact) mass is 507 g/mol. The molecule has 33 heavy (non-hydrogen) atoms. The lowest BCUT2D eigenvalue weighted by molar-refractivity contribution is 0.0835. The molecule has 0 radical (unpaired) electrons. The number of aromatic amines is 1. The molecule has 3 aromatic heterocycles. The SMILES string of the molecule is Cc1cnc2c(c1)CCN2C(=O)c1cc2[nH]c(=O)c3cnc(C4CCOCC4)n3c2cc1Br. The molecule has 0 aliphatic carbocycles. The molecule has 1 N–H and O–H groups in total. The van der Waals surface area contributed by atoms with E-state index < -0.39 is 0 Å². The molecule has 1 amide bonds. The second-order valence-corrected chi connectivity index (χ2v) is 9.58. The molecule has 9 heteroatoms. The molecule has 8 nitrogen and oxygen atoms in total. The standard InChI is InChI=1S/C24H22BrN5O3/c1-13-8-15-2-5-29(21(15)26-11-13)24(32)16-9-18-19(10-17(16)25)30-20(23(31)28-18)12-27-22(30)14-3-6-33-7-4-14/h8-12,14H,2-7H2,1H3,(H,28,31). The summed E-state index contributed by atoms with van der Waals surface area (Å²) in [4.78, 5) is 40.1. The van der Waals surface area contributed by atoms with E-state index in [0.717, 1.165) is 41.7 Å². The van der Waals surface area contributed by atoms with E-state index in [4.69, 9.17) is 4.74 Å². The van der Waals surface area contributed by atoms with Gasteiger partial charge in [0, 0.05) is 36.3 Å². The Kier molecular flexibility index (Phi) is 4.84. The van der Waals surface area contributed by atoms with Crippen molar-refractivity contribution in [3.05, 3.63) is 67.9 Å². The number of carbonyl (C=O) groups excluding carboxylic acids is 1. The lowest BCUT2D eigenvalue weighted by atomic mass is 9.99. The van der Waals surface area contributed by atoms with Crippen LogP contribution in [0, 0.1) is 6.92 Å².